The Labute approximate surface area is 195 Å². The highest BCUT2D eigenvalue weighted by atomic mass is 19.4. The van der Waals surface area contributed by atoms with Gasteiger partial charge < -0.3 is 20.7 Å². The van der Waals surface area contributed by atoms with Crippen molar-refractivity contribution >= 4 is 17.6 Å². The lowest BCUT2D eigenvalue weighted by Gasteiger charge is -2.58. The summed E-state index contributed by atoms with van der Waals surface area (Å²) in [6.07, 6.45) is -1.59. The van der Waals surface area contributed by atoms with Crippen LogP contribution in [0.2, 0.25) is 0 Å². The summed E-state index contributed by atoms with van der Waals surface area (Å²) in [7, 11) is 1.48. The molecule has 2 aromatic rings. The summed E-state index contributed by atoms with van der Waals surface area (Å²) in [5, 5.41) is 7.15. The molecule has 0 bridgehead atoms. The molecule has 2 aliphatic rings. The molecule has 1 saturated heterocycles. The second-order valence-corrected chi connectivity index (χ2v) is 8.52. The van der Waals surface area contributed by atoms with Gasteiger partial charge in [-0.2, -0.15) is 18.3 Å². The Balaban J connectivity index is 0.00000324. The number of nitrogens with two attached hydrogens (primary N) is 1. The first-order chi connectivity index (χ1) is 15.6. The average Bonchev–Trinajstić information content (AvgIpc) is 3.06. The fourth-order valence-electron chi connectivity index (χ4n) is 4.57. The zero-order valence-electron chi connectivity index (χ0n) is 18.0. The number of benzene rings is 1. The molecule has 3 N–H and O–H groups in total. The van der Waals surface area contributed by atoms with Crippen LogP contribution in [0.5, 0.6) is 5.75 Å². The number of anilines is 1. The molecule has 1 aliphatic heterocycles. The van der Waals surface area contributed by atoms with Crippen LogP contribution in [-0.2, 0) is 4.79 Å². The maximum Gasteiger partial charge on any atom is 0.422 e. The molecular formula is C23H28F3N5O3. The number of nitrogen functional groups attached to an aromatic ring is 1. The van der Waals surface area contributed by atoms with Gasteiger partial charge in [0.05, 0.1) is 6.04 Å². The third-order valence-corrected chi connectivity index (χ3v) is 6.15. The quantitative estimate of drug-likeness (QED) is 0.618. The summed E-state index contributed by atoms with van der Waals surface area (Å²) in [5.74, 6) is -0.226. The van der Waals surface area contributed by atoms with Crippen molar-refractivity contribution < 1.29 is 27.5 Å². The van der Waals surface area contributed by atoms with Gasteiger partial charge in [0.25, 0.3) is 5.91 Å². The lowest BCUT2D eigenvalue weighted by Crippen LogP contribution is -2.63. The van der Waals surface area contributed by atoms with E-state index in [0.29, 0.717) is 24.3 Å². The maximum atomic E-state index is 12.5. The van der Waals surface area contributed by atoms with Crippen molar-refractivity contribution in [3.8, 4) is 17.0 Å². The number of likely N-dealkylation sites (tertiary alicyclic amines) is 1. The van der Waals surface area contributed by atoms with E-state index in [0.717, 1.165) is 12.8 Å². The van der Waals surface area contributed by atoms with Crippen LogP contribution >= 0.6 is 0 Å². The molecule has 2 amide bonds. The van der Waals surface area contributed by atoms with Crippen molar-refractivity contribution in [1.29, 1.82) is 0 Å². The lowest BCUT2D eigenvalue weighted by molar-refractivity contribution is -0.153. The lowest BCUT2D eigenvalue weighted by atomic mass is 9.60. The molecule has 2 heterocycles. The Hall–Kier alpha value is -3.50. The molecule has 2 fully saturated rings. The van der Waals surface area contributed by atoms with E-state index in [1.54, 1.807) is 9.58 Å². The first-order valence-corrected chi connectivity index (χ1v) is 10.4. The van der Waals surface area contributed by atoms with Gasteiger partial charge in [0, 0.05) is 31.1 Å². The van der Waals surface area contributed by atoms with E-state index < -0.39 is 18.7 Å². The molecule has 1 aliphatic carbocycles. The molecule has 4 rings (SSSR count). The maximum absolute atomic E-state index is 12.5. The summed E-state index contributed by atoms with van der Waals surface area (Å²) in [5.41, 5.74) is 7.42. The number of carbonyl (C=O) groups is 2. The van der Waals surface area contributed by atoms with Crippen molar-refractivity contribution in [2.24, 2.45) is 5.41 Å². The minimum Gasteiger partial charge on any atom is -0.484 e. The van der Waals surface area contributed by atoms with Gasteiger partial charge in [0.15, 0.2) is 6.61 Å². The standard InChI is InChI=1S/C22H24F3N5O3.CH4/c1-3-16(31)29-10-21(11-29)8-14(9-21)30-19(26)17(20(32)27-2)18(28-30)13-4-6-15(7-5-13)33-12-22(23,24)25;/h3-7,14H,1,8-12,26H2,2H3,(H,27,32);1H4. The summed E-state index contributed by atoms with van der Waals surface area (Å²) in [6, 6.07) is 5.84. The van der Waals surface area contributed by atoms with E-state index >= 15 is 0 Å². The second-order valence-electron chi connectivity index (χ2n) is 8.52. The van der Waals surface area contributed by atoms with Crippen LogP contribution in [-0.4, -0.2) is 59.4 Å². The Morgan fingerprint density at radius 3 is 2.44 bits per heavy atom. The van der Waals surface area contributed by atoms with Gasteiger partial charge in [-0.25, -0.2) is 4.68 Å². The van der Waals surface area contributed by atoms with Crippen LogP contribution in [0.4, 0.5) is 19.0 Å². The molecular weight excluding hydrogens is 451 g/mol. The van der Waals surface area contributed by atoms with Crippen LogP contribution in [0.1, 0.15) is 36.7 Å². The fourth-order valence-corrected chi connectivity index (χ4v) is 4.57. The van der Waals surface area contributed by atoms with Gasteiger partial charge in [-0.15, -0.1) is 0 Å². The van der Waals surface area contributed by atoms with Gasteiger partial charge in [-0.1, -0.05) is 14.0 Å². The third kappa shape index (κ3) is 4.59. The molecule has 0 unspecified atom stereocenters. The fraction of sp³-hybridized carbons (Fsp3) is 0.435. The van der Waals surface area contributed by atoms with E-state index in [2.05, 4.69) is 17.0 Å². The Kier molecular flexibility index (Phi) is 6.68. The minimum atomic E-state index is -4.44. The number of halogens is 3. The van der Waals surface area contributed by atoms with Crippen molar-refractivity contribution in [3.63, 3.8) is 0 Å². The van der Waals surface area contributed by atoms with Crippen molar-refractivity contribution in [3.05, 3.63) is 42.5 Å². The van der Waals surface area contributed by atoms with E-state index in [1.807, 2.05) is 0 Å². The molecule has 0 atom stereocenters. The smallest absolute Gasteiger partial charge is 0.422 e. The zero-order chi connectivity index (χ0) is 24.0. The highest BCUT2D eigenvalue weighted by Crippen LogP contribution is 2.55. The molecule has 1 spiro atoms. The predicted molar refractivity (Wildman–Crippen MR) is 121 cm³/mol. The largest absolute Gasteiger partial charge is 0.484 e. The van der Waals surface area contributed by atoms with E-state index in [1.165, 1.54) is 37.4 Å². The molecule has 1 aromatic carbocycles. The first-order valence-electron chi connectivity index (χ1n) is 10.4. The number of nitrogens with one attached hydrogen (secondary N) is 1. The van der Waals surface area contributed by atoms with Crippen molar-refractivity contribution in [2.45, 2.75) is 32.5 Å². The van der Waals surface area contributed by atoms with Gasteiger partial charge in [0.2, 0.25) is 5.91 Å². The Bertz CT molecular complexity index is 1080. The SMILES string of the molecule is C.C=CC(=O)N1CC2(CC(n3nc(-c4ccc(OCC(F)(F)F)cc4)c(C(=O)NC)c3N)C2)C1. The van der Waals surface area contributed by atoms with Crippen LogP contribution in [0, 0.1) is 5.41 Å². The predicted octanol–water partition coefficient (Wildman–Crippen LogP) is 3.42. The summed E-state index contributed by atoms with van der Waals surface area (Å²) in [6.45, 7) is 3.43. The van der Waals surface area contributed by atoms with Crippen molar-refractivity contribution in [1.82, 2.24) is 20.0 Å². The average molecular weight is 480 g/mol. The van der Waals surface area contributed by atoms with Crippen molar-refractivity contribution in [2.75, 3.05) is 32.5 Å². The van der Waals surface area contributed by atoms with Gasteiger partial charge in [0.1, 0.15) is 22.8 Å². The molecule has 34 heavy (non-hydrogen) atoms. The van der Waals surface area contributed by atoms with Gasteiger partial charge >= 0.3 is 6.18 Å². The number of carbonyl (C=O) groups excluding carboxylic acids is 2. The molecule has 11 heteroatoms. The van der Waals surface area contributed by atoms with Crippen LogP contribution in [0.15, 0.2) is 36.9 Å². The summed E-state index contributed by atoms with van der Waals surface area (Å²) in [4.78, 5) is 26.0. The van der Waals surface area contributed by atoms with Gasteiger partial charge in [-0.3, -0.25) is 9.59 Å². The highest BCUT2D eigenvalue weighted by Gasteiger charge is 2.54. The highest BCUT2D eigenvalue weighted by molar-refractivity contribution is 6.04. The monoisotopic (exact) mass is 479 g/mol. The van der Waals surface area contributed by atoms with Gasteiger partial charge in [-0.05, 0) is 43.2 Å². The number of hydrogen-bond acceptors (Lipinski definition) is 5. The minimum absolute atomic E-state index is 0. The number of alkyl halides is 3. The Morgan fingerprint density at radius 2 is 1.91 bits per heavy atom. The first kappa shape index (κ1) is 25.1. The summed E-state index contributed by atoms with van der Waals surface area (Å²) >= 11 is 0. The number of amides is 2. The van der Waals surface area contributed by atoms with E-state index in [9.17, 15) is 22.8 Å². The van der Waals surface area contributed by atoms with Crippen LogP contribution in [0.3, 0.4) is 0 Å². The number of nitrogens with zero attached hydrogens (tertiary/aromatic N) is 3. The number of aromatic nitrogens is 2. The van der Waals surface area contributed by atoms with Crippen LogP contribution < -0.4 is 15.8 Å². The second kappa shape index (κ2) is 9.03. The number of ether oxygens (including phenoxy) is 1. The van der Waals surface area contributed by atoms with E-state index in [-0.39, 0.29) is 41.9 Å². The third-order valence-electron chi connectivity index (χ3n) is 6.15. The summed E-state index contributed by atoms with van der Waals surface area (Å²) < 4.78 is 43.5. The number of hydrogen-bond donors (Lipinski definition) is 2. The number of rotatable bonds is 6. The molecule has 0 radical (unpaired) electrons. The topological polar surface area (TPSA) is 102 Å². The van der Waals surface area contributed by atoms with E-state index in [4.69, 9.17) is 10.5 Å². The Morgan fingerprint density at radius 1 is 1.29 bits per heavy atom. The molecule has 1 saturated carbocycles. The molecule has 8 nitrogen and oxygen atoms in total. The zero-order valence-corrected chi connectivity index (χ0v) is 18.0. The normalized spacial score (nSPS) is 16.8. The van der Waals surface area contributed by atoms with Crippen LogP contribution in [0.25, 0.3) is 11.3 Å². The molecule has 1 aromatic heterocycles. The molecule has 184 valence electrons.